The number of morpholine rings is 1. The average Bonchev–Trinajstić information content (AvgIpc) is 2.76. The van der Waals surface area contributed by atoms with Crippen LogP contribution in [0.25, 0.3) is 0 Å². The number of ether oxygens (including phenoxy) is 3. The molecule has 2 aliphatic rings. The fourth-order valence-corrected chi connectivity index (χ4v) is 4.29. The molecular weight excluding hydrogens is 449 g/mol. The molecule has 184 valence electrons. The molecule has 0 atom stereocenters. The Morgan fingerprint density at radius 3 is 2.41 bits per heavy atom. The van der Waals surface area contributed by atoms with Gasteiger partial charge < -0.3 is 24.0 Å². The number of anilines is 1. The Balaban J connectivity index is 1.48. The summed E-state index contributed by atoms with van der Waals surface area (Å²) in [6.07, 6.45) is 0.777. The molecule has 0 aliphatic carbocycles. The first-order chi connectivity index (χ1) is 16.0. The molecule has 1 spiro atoms. The van der Waals surface area contributed by atoms with Crippen molar-refractivity contribution in [2.45, 2.75) is 44.8 Å². The Bertz CT molecular complexity index is 1050. The van der Waals surface area contributed by atoms with Crippen LogP contribution in [0.1, 0.15) is 33.6 Å². The predicted octanol–water partition coefficient (Wildman–Crippen LogP) is 5.50. The second-order valence-electron chi connectivity index (χ2n) is 9.71. The number of carbonyl (C=O) groups excluding carboxylic acids is 1. The van der Waals surface area contributed by atoms with Gasteiger partial charge in [-0.3, -0.25) is 0 Å². The average molecular weight is 479 g/mol. The third kappa shape index (κ3) is 5.58. The molecule has 0 bridgehead atoms. The lowest BCUT2D eigenvalue weighted by Gasteiger charge is -2.47. The zero-order valence-corrected chi connectivity index (χ0v) is 19.6. The maximum absolute atomic E-state index is 14.1. The first-order valence-corrected chi connectivity index (χ1v) is 11.3. The monoisotopic (exact) mass is 478 g/mol. The summed E-state index contributed by atoms with van der Waals surface area (Å²) in [7, 11) is 0. The SMILES string of the molecule is CC(C)(C)OC(=O)N1CCOC2(CCN(c3cc(F)c(F)cc3Oc3cccc(F)c3)CC2)C1. The van der Waals surface area contributed by atoms with E-state index in [1.54, 1.807) is 11.0 Å². The number of benzene rings is 2. The van der Waals surface area contributed by atoms with Gasteiger partial charge in [-0.2, -0.15) is 0 Å². The summed E-state index contributed by atoms with van der Waals surface area (Å²) < 4.78 is 59.1. The van der Waals surface area contributed by atoms with Crippen LogP contribution in [0.15, 0.2) is 36.4 Å². The quantitative estimate of drug-likeness (QED) is 0.583. The van der Waals surface area contributed by atoms with E-state index < -0.39 is 28.7 Å². The van der Waals surface area contributed by atoms with Gasteiger partial charge >= 0.3 is 6.09 Å². The van der Waals surface area contributed by atoms with Crippen LogP contribution in [0.4, 0.5) is 23.7 Å². The van der Waals surface area contributed by atoms with E-state index >= 15 is 0 Å². The zero-order chi connectivity index (χ0) is 24.5. The highest BCUT2D eigenvalue weighted by atomic mass is 19.2. The third-order valence-corrected chi connectivity index (χ3v) is 5.94. The van der Waals surface area contributed by atoms with Crippen LogP contribution < -0.4 is 9.64 Å². The second kappa shape index (κ2) is 9.37. The maximum Gasteiger partial charge on any atom is 0.410 e. The van der Waals surface area contributed by atoms with Crippen LogP contribution >= 0.6 is 0 Å². The molecular formula is C25H29F3N2O4. The van der Waals surface area contributed by atoms with Gasteiger partial charge in [0.15, 0.2) is 17.4 Å². The zero-order valence-electron chi connectivity index (χ0n) is 19.6. The molecule has 2 aromatic rings. The lowest BCUT2D eigenvalue weighted by Crippen LogP contribution is -2.58. The Labute approximate surface area is 197 Å². The van der Waals surface area contributed by atoms with Crippen molar-refractivity contribution in [3.8, 4) is 11.5 Å². The third-order valence-electron chi connectivity index (χ3n) is 5.94. The molecule has 0 radical (unpaired) electrons. The van der Waals surface area contributed by atoms with Crippen molar-refractivity contribution in [3.63, 3.8) is 0 Å². The Morgan fingerprint density at radius 2 is 1.74 bits per heavy atom. The molecule has 0 aromatic heterocycles. The van der Waals surface area contributed by atoms with Crippen molar-refractivity contribution in [1.29, 1.82) is 0 Å². The van der Waals surface area contributed by atoms with Crippen LogP contribution in [0.2, 0.25) is 0 Å². The fourth-order valence-electron chi connectivity index (χ4n) is 4.29. The molecule has 2 saturated heterocycles. The molecule has 34 heavy (non-hydrogen) atoms. The Hall–Kier alpha value is -2.94. The number of hydrogen-bond donors (Lipinski definition) is 0. The first kappa shape index (κ1) is 24.2. The topological polar surface area (TPSA) is 51.2 Å². The van der Waals surface area contributed by atoms with Crippen LogP contribution in [-0.4, -0.2) is 55.0 Å². The number of rotatable bonds is 3. The lowest BCUT2D eigenvalue weighted by molar-refractivity contribution is -0.119. The van der Waals surface area contributed by atoms with Crippen molar-refractivity contribution in [2.75, 3.05) is 37.7 Å². The molecule has 0 unspecified atom stereocenters. The van der Waals surface area contributed by atoms with Crippen LogP contribution in [-0.2, 0) is 9.47 Å². The van der Waals surface area contributed by atoms with Crippen LogP contribution in [0, 0.1) is 17.5 Å². The smallest absolute Gasteiger partial charge is 0.410 e. The van der Waals surface area contributed by atoms with Gasteiger partial charge in [-0.05, 0) is 45.7 Å². The Morgan fingerprint density at radius 1 is 1.03 bits per heavy atom. The second-order valence-corrected chi connectivity index (χ2v) is 9.71. The van der Waals surface area contributed by atoms with E-state index in [4.69, 9.17) is 14.2 Å². The minimum Gasteiger partial charge on any atom is -0.455 e. The highest BCUT2D eigenvalue weighted by molar-refractivity contribution is 5.68. The summed E-state index contributed by atoms with van der Waals surface area (Å²) in [5.74, 6) is -2.26. The van der Waals surface area contributed by atoms with Gasteiger partial charge in [-0.25, -0.2) is 18.0 Å². The summed E-state index contributed by atoms with van der Waals surface area (Å²) in [6, 6.07) is 7.54. The predicted molar refractivity (Wildman–Crippen MR) is 121 cm³/mol. The van der Waals surface area contributed by atoms with Gasteiger partial charge in [0.1, 0.15) is 17.2 Å². The normalized spacial score (nSPS) is 18.2. The van der Waals surface area contributed by atoms with Crippen molar-refractivity contribution in [1.82, 2.24) is 4.90 Å². The molecule has 2 aliphatic heterocycles. The van der Waals surface area contributed by atoms with Crippen LogP contribution in [0.3, 0.4) is 0 Å². The highest BCUT2D eigenvalue weighted by Gasteiger charge is 2.42. The summed E-state index contributed by atoms with van der Waals surface area (Å²) in [6.45, 7) is 7.69. The van der Waals surface area contributed by atoms with E-state index in [0.717, 1.165) is 12.1 Å². The number of halogens is 3. The number of piperidine rings is 1. The molecule has 0 saturated carbocycles. The van der Waals surface area contributed by atoms with Gasteiger partial charge in [0.05, 0.1) is 24.4 Å². The van der Waals surface area contributed by atoms with Crippen LogP contribution in [0.5, 0.6) is 11.5 Å². The molecule has 4 rings (SSSR count). The van der Waals surface area contributed by atoms with Gasteiger partial charge in [0.25, 0.3) is 0 Å². The highest BCUT2D eigenvalue weighted by Crippen LogP contribution is 2.39. The largest absolute Gasteiger partial charge is 0.455 e. The van der Waals surface area contributed by atoms with Crippen molar-refractivity contribution in [3.05, 3.63) is 53.8 Å². The van der Waals surface area contributed by atoms with Gasteiger partial charge in [-0.1, -0.05) is 6.07 Å². The van der Waals surface area contributed by atoms with Crippen molar-refractivity contribution in [2.24, 2.45) is 0 Å². The summed E-state index contributed by atoms with van der Waals surface area (Å²) in [5, 5.41) is 0. The minimum atomic E-state index is -1.05. The molecule has 0 N–H and O–H groups in total. The van der Waals surface area contributed by atoms with Gasteiger partial charge in [0.2, 0.25) is 0 Å². The molecule has 6 nitrogen and oxygen atoms in total. The van der Waals surface area contributed by atoms with E-state index in [9.17, 15) is 18.0 Å². The van der Waals surface area contributed by atoms with E-state index in [0.29, 0.717) is 51.3 Å². The Kier molecular flexibility index (Phi) is 6.66. The molecule has 1 amide bonds. The molecule has 2 heterocycles. The minimum absolute atomic E-state index is 0.0976. The van der Waals surface area contributed by atoms with Gasteiger partial charge in [0, 0.05) is 37.8 Å². The standard InChI is InChI=1S/C25H29F3N2O4/c1-24(2,3)34-23(31)30-11-12-32-25(16-30)7-9-29(10-8-25)21-14-19(27)20(28)15-22(21)33-18-6-4-5-17(26)13-18/h4-6,13-15H,7-12,16H2,1-3H3. The molecule has 2 fully saturated rings. The molecule has 9 heteroatoms. The fraction of sp³-hybridized carbons (Fsp3) is 0.480. The first-order valence-electron chi connectivity index (χ1n) is 11.3. The summed E-state index contributed by atoms with van der Waals surface area (Å²) >= 11 is 0. The maximum atomic E-state index is 14.1. The van der Waals surface area contributed by atoms with E-state index in [2.05, 4.69) is 0 Å². The number of nitrogens with zero attached hydrogens (tertiary/aromatic N) is 2. The number of amides is 1. The lowest BCUT2D eigenvalue weighted by atomic mass is 9.89. The van der Waals surface area contributed by atoms with E-state index in [1.165, 1.54) is 18.2 Å². The number of carbonyl (C=O) groups is 1. The van der Waals surface area contributed by atoms with E-state index in [1.807, 2.05) is 25.7 Å². The van der Waals surface area contributed by atoms with Crippen molar-refractivity contribution < 1.29 is 32.2 Å². The summed E-state index contributed by atoms with van der Waals surface area (Å²) in [5.41, 5.74) is -0.748. The summed E-state index contributed by atoms with van der Waals surface area (Å²) in [4.78, 5) is 16.1. The van der Waals surface area contributed by atoms with Crippen molar-refractivity contribution >= 4 is 11.8 Å². The van der Waals surface area contributed by atoms with E-state index in [-0.39, 0.29) is 17.6 Å². The van der Waals surface area contributed by atoms with Gasteiger partial charge in [-0.15, -0.1) is 0 Å². The number of hydrogen-bond acceptors (Lipinski definition) is 5. The molecule has 2 aromatic carbocycles.